The fraction of sp³-hybridized carbons (Fsp3) is 0.455. The maximum atomic E-state index is 13.6. The zero-order valence-corrected chi connectivity index (χ0v) is 12.7. The summed E-state index contributed by atoms with van der Waals surface area (Å²) in [6.07, 6.45) is 0. The molecule has 0 heterocycles. The molecule has 0 aliphatic heterocycles. The van der Waals surface area contributed by atoms with Gasteiger partial charge in [-0.1, -0.05) is 15.9 Å². The third-order valence-electron chi connectivity index (χ3n) is 2.19. The molecule has 18 heavy (non-hydrogen) atoms. The number of nitrogens with zero attached hydrogens (tertiary/aromatic N) is 1. The smallest absolute Gasteiger partial charge is 0.245 e. The molecular formula is C11H15BrFNO3S. The number of sulfonamides is 1. The van der Waals surface area contributed by atoms with Crippen LogP contribution < -0.4 is 0 Å². The molecule has 1 aromatic rings. The number of hydrogen-bond acceptors (Lipinski definition) is 3. The molecule has 0 radical (unpaired) electrons. The van der Waals surface area contributed by atoms with E-state index in [4.69, 9.17) is 0 Å². The van der Waals surface area contributed by atoms with Gasteiger partial charge in [0.15, 0.2) is 0 Å². The molecule has 4 nitrogen and oxygen atoms in total. The topological polar surface area (TPSA) is 57.6 Å². The molecule has 0 saturated heterocycles. The van der Waals surface area contributed by atoms with Crippen LogP contribution in [0.4, 0.5) is 4.39 Å². The van der Waals surface area contributed by atoms with Gasteiger partial charge >= 0.3 is 0 Å². The Kier molecular flexibility index (Phi) is 4.53. The summed E-state index contributed by atoms with van der Waals surface area (Å²) in [7, 11) is -2.66. The maximum absolute atomic E-state index is 13.6. The van der Waals surface area contributed by atoms with Crippen molar-refractivity contribution in [3.63, 3.8) is 0 Å². The average Bonchev–Trinajstić information content (AvgIpc) is 2.19. The fourth-order valence-corrected chi connectivity index (χ4v) is 3.40. The number of hydrogen-bond donors (Lipinski definition) is 1. The number of rotatable bonds is 4. The van der Waals surface area contributed by atoms with Crippen LogP contribution >= 0.6 is 15.9 Å². The number of likely N-dealkylation sites (N-methyl/N-ethyl adjacent to an activating group) is 1. The summed E-state index contributed by atoms with van der Waals surface area (Å²) in [5.74, 6) is -0.819. The second-order valence-corrected chi connectivity index (χ2v) is 7.58. The van der Waals surface area contributed by atoms with Gasteiger partial charge in [0.1, 0.15) is 10.7 Å². The first-order valence-electron chi connectivity index (χ1n) is 5.18. The molecule has 0 unspecified atom stereocenters. The predicted octanol–water partition coefficient (Wildman–Crippen LogP) is 1.98. The van der Waals surface area contributed by atoms with E-state index in [-0.39, 0.29) is 6.54 Å². The highest BCUT2D eigenvalue weighted by Gasteiger charge is 2.28. The van der Waals surface area contributed by atoms with Crippen molar-refractivity contribution in [2.24, 2.45) is 0 Å². The highest BCUT2D eigenvalue weighted by Crippen LogP contribution is 2.23. The minimum Gasteiger partial charge on any atom is -0.389 e. The Balaban J connectivity index is 3.17. The SMILES string of the molecule is CN(CC(C)(C)O)S(=O)(=O)c1cc(Br)ccc1F. The zero-order valence-electron chi connectivity index (χ0n) is 10.3. The zero-order chi connectivity index (χ0) is 14.1. The summed E-state index contributed by atoms with van der Waals surface area (Å²) in [4.78, 5) is -0.413. The van der Waals surface area contributed by atoms with Crippen molar-refractivity contribution >= 4 is 26.0 Å². The maximum Gasteiger partial charge on any atom is 0.245 e. The van der Waals surface area contributed by atoms with Crippen LogP contribution in [-0.4, -0.2) is 37.0 Å². The summed E-state index contributed by atoms with van der Waals surface area (Å²) in [6, 6.07) is 3.70. The Morgan fingerprint density at radius 3 is 2.50 bits per heavy atom. The molecule has 0 aliphatic rings. The molecule has 0 aliphatic carbocycles. The summed E-state index contributed by atoms with van der Waals surface area (Å²) >= 11 is 3.10. The van der Waals surface area contributed by atoms with E-state index < -0.39 is 26.3 Å². The highest BCUT2D eigenvalue weighted by atomic mass is 79.9. The molecule has 0 spiro atoms. The summed E-state index contributed by atoms with van der Waals surface area (Å²) in [5, 5.41) is 9.61. The molecule has 0 amide bonds. The van der Waals surface area contributed by atoms with E-state index in [2.05, 4.69) is 15.9 Å². The average molecular weight is 340 g/mol. The normalized spacial score (nSPS) is 13.1. The van der Waals surface area contributed by atoms with Gasteiger partial charge in [-0.3, -0.25) is 0 Å². The standard InChI is InChI=1S/C11H15BrFNO3S/c1-11(2,15)7-14(3)18(16,17)10-6-8(12)4-5-9(10)13/h4-6,15H,7H2,1-3H3. The van der Waals surface area contributed by atoms with Crippen molar-refractivity contribution in [3.05, 3.63) is 28.5 Å². The Labute approximate surface area is 115 Å². The molecule has 1 aromatic carbocycles. The van der Waals surface area contributed by atoms with Crippen molar-refractivity contribution < 1.29 is 17.9 Å². The monoisotopic (exact) mass is 339 g/mol. The van der Waals surface area contributed by atoms with Crippen LogP contribution in [0, 0.1) is 5.82 Å². The van der Waals surface area contributed by atoms with Gasteiger partial charge in [-0.25, -0.2) is 12.8 Å². The molecule has 0 saturated carbocycles. The van der Waals surface area contributed by atoms with E-state index in [0.29, 0.717) is 4.47 Å². The van der Waals surface area contributed by atoms with E-state index >= 15 is 0 Å². The van der Waals surface area contributed by atoms with Crippen LogP contribution in [-0.2, 0) is 10.0 Å². The minimum absolute atomic E-state index is 0.124. The van der Waals surface area contributed by atoms with Gasteiger partial charge in [0, 0.05) is 18.1 Å². The van der Waals surface area contributed by atoms with Crippen molar-refractivity contribution in [2.75, 3.05) is 13.6 Å². The molecule has 0 fully saturated rings. The van der Waals surface area contributed by atoms with Crippen LogP contribution in [0.15, 0.2) is 27.6 Å². The third kappa shape index (κ3) is 3.74. The van der Waals surface area contributed by atoms with Crippen LogP contribution in [0.25, 0.3) is 0 Å². The van der Waals surface area contributed by atoms with E-state index in [1.807, 2.05) is 0 Å². The summed E-state index contributed by atoms with van der Waals surface area (Å²) < 4.78 is 39.2. The van der Waals surface area contributed by atoms with Gasteiger partial charge in [0.2, 0.25) is 10.0 Å². The third-order valence-corrected chi connectivity index (χ3v) is 4.50. The lowest BCUT2D eigenvalue weighted by Crippen LogP contribution is -2.39. The largest absolute Gasteiger partial charge is 0.389 e. The summed E-state index contributed by atoms with van der Waals surface area (Å²) in [6.45, 7) is 2.84. The predicted molar refractivity (Wildman–Crippen MR) is 70.2 cm³/mol. The number of halogens is 2. The lowest BCUT2D eigenvalue weighted by molar-refractivity contribution is 0.0639. The molecule has 0 atom stereocenters. The van der Waals surface area contributed by atoms with E-state index in [9.17, 15) is 17.9 Å². The molecular weight excluding hydrogens is 325 g/mol. The van der Waals surface area contributed by atoms with Gasteiger partial charge < -0.3 is 5.11 Å². The highest BCUT2D eigenvalue weighted by molar-refractivity contribution is 9.10. The molecule has 1 N–H and O–H groups in total. The first-order valence-corrected chi connectivity index (χ1v) is 7.41. The van der Waals surface area contributed by atoms with Gasteiger partial charge in [-0.15, -0.1) is 0 Å². The Morgan fingerprint density at radius 2 is 2.00 bits per heavy atom. The van der Waals surface area contributed by atoms with Crippen molar-refractivity contribution in [3.8, 4) is 0 Å². The Bertz CT molecular complexity index is 540. The van der Waals surface area contributed by atoms with E-state index in [1.165, 1.54) is 33.0 Å². The molecule has 102 valence electrons. The van der Waals surface area contributed by atoms with Gasteiger partial charge in [-0.05, 0) is 32.0 Å². The second-order valence-electron chi connectivity index (χ2n) is 4.65. The Morgan fingerprint density at radius 1 is 1.44 bits per heavy atom. The van der Waals surface area contributed by atoms with Gasteiger partial charge in [0.05, 0.1) is 5.60 Å². The van der Waals surface area contributed by atoms with Crippen molar-refractivity contribution in [1.29, 1.82) is 0 Å². The molecule has 0 aromatic heterocycles. The van der Waals surface area contributed by atoms with E-state index in [1.54, 1.807) is 0 Å². The van der Waals surface area contributed by atoms with Gasteiger partial charge in [0.25, 0.3) is 0 Å². The lowest BCUT2D eigenvalue weighted by Gasteiger charge is -2.25. The lowest BCUT2D eigenvalue weighted by atomic mass is 10.1. The fourth-order valence-electron chi connectivity index (χ4n) is 1.47. The van der Waals surface area contributed by atoms with Gasteiger partial charge in [-0.2, -0.15) is 4.31 Å². The van der Waals surface area contributed by atoms with Crippen LogP contribution in [0.3, 0.4) is 0 Å². The van der Waals surface area contributed by atoms with E-state index in [0.717, 1.165) is 10.4 Å². The van der Waals surface area contributed by atoms with Crippen LogP contribution in [0.1, 0.15) is 13.8 Å². The summed E-state index contributed by atoms with van der Waals surface area (Å²) in [5.41, 5.74) is -1.19. The van der Waals surface area contributed by atoms with Crippen LogP contribution in [0.2, 0.25) is 0 Å². The molecule has 7 heteroatoms. The number of aliphatic hydroxyl groups is 1. The second kappa shape index (κ2) is 5.24. The first kappa shape index (κ1) is 15.6. The number of benzene rings is 1. The van der Waals surface area contributed by atoms with Crippen molar-refractivity contribution in [2.45, 2.75) is 24.3 Å². The Hall–Kier alpha value is -0.500. The van der Waals surface area contributed by atoms with Crippen molar-refractivity contribution in [1.82, 2.24) is 4.31 Å². The van der Waals surface area contributed by atoms with Crippen LogP contribution in [0.5, 0.6) is 0 Å². The first-order chi connectivity index (χ1) is 8.04. The molecule has 0 bridgehead atoms. The molecule has 1 rings (SSSR count). The minimum atomic E-state index is -3.96. The quantitative estimate of drug-likeness (QED) is 0.912.